The predicted molar refractivity (Wildman–Crippen MR) is 96.6 cm³/mol. The lowest BCUT2D eigenvalue weighted by molar-refractivity contribution is -0.140. The van der Waals surface area contributed by atoms with E-state index in [-0.39, 0.29) is 32.3 Å². The summed E-state index contributed by atoms with van der Waals surface area (Å²) in [5.74, 6) is -2.31. The van der Waals surface area contributed by atoms with E-state index in [4.69, 9.17) is 0 Å². The van der Waals surface area contributed by atoms with E-state index < -0.39 is 33.3 Å². The Balaban J connectivity index is 2.10. The summed E-state index contributed by atoms with van der Waals surface area (Å²) in [6.07, 6.45) is -3.79. The average Bonchev–Trinajstić information content (AvgIpc) is 3.04. The molecule has 0 aliphatic rings. The van der Waals surface area contributed by atoms with Crippen LogP contribution in [0.1, 0.15) is 5.69 Å². The number of alkyl halides is 3. The van der Waals surface area contributed by atoms with Crippen molar-refractivity contribution in [2.45, 2.75) is 11.1 Å². The third kappa shape index (κ3) is 3.13. The van der Waals surface area contributed by atoms with E-state index in [1.807, 2.05) is 0 Å². The third-order valence-corrected chi connectivity index (χ3v) is 5.63. The number of halogens is 5. The van der Waals surface area contributed by atoms with Crippen LogP contribution in [0.3, 0.4) is 0 Å². The first-order valence-corrected chi connectivity index (χ1v) is 10.0. The molecule has 0 N–H and O–H groups in total. The molecule has 4 nitrogen and oxygen atoms in total. The SMILES string of the molecule is CS(=O)(=O)c1ccc(-n2nc(C(F)(F)F)c3ccc4c(F)c(F)ccc4c32)cc1. The van der Waals surface area contributed by atoms with Gasteiger partial charge in [-0.05, 0) is 42.5 Å². The van der Waals surface area contributed by atoms with Gasteiger partial charge in [0.05, 0.1) is 16.1 Å². The summed E-state index contributed by atoms with van der Waals surface area (Å²) in [7, 11) is -3.51. The fourth-order valence-corrected chi connectivity index (χ4v) is 3.81. The summed E-state index contributed by atoms with van der Waals surface area (Å²) in [6.45, 7) is 0. The van der Waals surface area contributed by atoms with Crippen LogP contribution >= 0.6 is 0 Å². The van der Waals surface area contributed by atoms with Crippen LogP contribution in [-0.2, 0) is 16.0 Å². The molecule has 10 heteroatoms. The van der Waals surface area contributed by atoms with E-state index in [0.717, 1.165) is 29.1 Å². The van der Waals surface area contributed by atoms with Gasteiger partial charge in [-0.25, -0.2) is 21.9 Å². The molecule has 0 radical (unpaired) electrons. The molecule has 29 heavy (non-hydrogen) atoms. The van der Waals surface area contributed by atoms with Gasteiger partial charge in [0, 0.05) is 22.4 Å². The number of benzene rings is 3. The predicted octanol–water partition coefficient (Wildman–Crippen LogP) is 4.88. The molecular formula is C19H11F5N2O2S. The first-order valence-electron chi connectivity index (χ1n) is 8.15. The first-order chi connectivity index (χ1) is 13.5. The van der Waals surface area contributed by atoms with E-state index in [9.17, 15) is 30.4 Å². The Hall–Kier alpha value is -3.01. The van der Waals surface area contributed by atoms with Gasteiger partial charge in [0.1, 0.15) is 0 Å². The number of rotatable bonds is 2. The summed E-state index contributed by atoms with van der Waals surface area (Å²) in [6, 6.07) is 9.17. The minimum atomic E-state index is -4.79. The molecule has 0 saturated carbocycles. The summed E-state index contributed by atoms with van der Waals surface area (Å²) in [5, 5.41) is 3.21. The molecule has 0 atom stereocenters. The molecule has 0 saturated heterocycles. The largest absolute Gasteiger partial charge is 0.435 e. The van der Waals surface area contributed by atoms with Crippen molar-refractivity contribution in [3.8, 4) is 5.69 Å². The molecule has 0 bridgehead atoms. The van der Waals surface area contributed by atoms with Gasteiger partial charge in [-0.2, -0.15) is 18.3 Å². The maximum Gasteiger partial charge on any atom is 0.435 e. The molecule has 150 valence electrons. The van der Waals surface area contributed by atoms with Crippen LogP contribution in [0.5, 0.6) is 0 Å². The van der Waals surface area contributed by atoms with Crippen LogP contribution in [0.2, 0.25) is 0 Å². The fraction of sp³-hybridized carbons (Fsp3) is 0.105. The molecule has 3 aromatic carbocycles. The Morgan fingerprint density at radius 2 is 1.45 bits per heavy atom. The number of hydrogen-bond donors (Lipinski definition) is 0. The maximum absolute atomic E-state index is 14.2. The standard InChI is InChI=1S/C19H11F5N2O2S/c1-29(27,28)11-4-2-10(3-5-11)26-17-13-8-9-15(20)16(21)12(13)6-7-14(17)18(25-26)19(22,23)24/h2-9H,1H3. The molecular weight excluding hydrogens is 415 g/mol. The highest BCUT2D eigenvalue weighted by molar-refractivity contribution is 7.90. The summed E-state index contributed by atoms with van der Waals surface area (Å²) in [4.78, 5) is -0.0215. The molecule has 0 aliphatic carbocycles. The summed E-state index contributed by atoms with van der Waals surface area (Å²) in [5.41, 5.74) is -1.12. The van der Waals surface area contributed by atoms with Gasteiger partial charge in [0.15, 0.2) is 27.2 Å². The van der Waals surface area contributed by atoms with Crippen LogP contribution in [0.25, 0.3) is 27.4 Å². The highest BCUT2D eigenvalue weighted by Crippen LogP contribution is 2.38. The number of hydrogen-bond acceptors (Lipinski definition) is 3. The van der Waals surface area contributed by atoms with Crippen LogP contribution in [0.15, 0.2) is 53.4 Å². The van der Waals surface area contributed by atoms with Gasteiger partial charge in [-0.3, -0.25) is 0 Å². The fourth-order valence-electron chi connectivity index (χ4n) is 3.18. The molecule has 1 heterocycles. The lowest BCUT2D eigenvalue weighted by Gasteiger charge is -2.08. The van der Waals surface area contributed by atoms with Crippen molar-refractivity contribution in [2.75, 3.05) is 6.26 Å². The molecule has 0 spiro atoms. The zero-order chi connectivity index (χ0) is 21.1. The summed E-state index contributed by atoms with van der Waals surface area (Å²) >= 11 is 0. The van der Waals surface area contributed by atoms with Gasteiger partial charge in [-0.1, -0.05) is 6.07 Å². The van der Waals surface area contributed by atoms with Crippen molar-refractivity contribution in [1.82, 2.24) is 9.78 Å². The minimum absolute atomic E-state index is 0.0215. The Bertz CT molecular complexity index is 1370. The highest BCUT2D eigenvalue weighted by atomic mass is 32.2. The van der Waals surface area contributed by atoms with Crippen molar-refractivity contribution in [3.05, 3.63) is 65.9 Å². The number of sulfone groups is 1. The summed E-state index contributed by atoms with van der Waals surface area (Å²) < 4.78 is 92.5. The van der Waals surface area contributed by atoms with Gasteiger partial charge in [0.25, 0.3) is 0 Å². The Labute approximate surface area is 161 Å². The van der Waals surface area contributed by atoms with Gasteiger partial charge in [-0.15, -0.1) is 0 Å². The Morgan fingerprint density at radius 3 is 2.03 bits per heavy atom. The molecule has 0 unspecified atom stereocenters. The first kappa shape index (κ1) is 19.3. The lowest BCUT2D eigenvalue weighted by atomic mass is 10.0. The number of aromatic nitrogens is 2. The van der Waals surface area contributed by atoms with Crippen LogP contribution < -0.4 is 0 Å². The Morgan fingerprint density at radius 1 is 0.862 bits per heavy atom. The van der Waals surface area contributed by atoms with E-state index in [1.54, 1.807) is 0 Å². The van der Waals surface area contributed by atoms with Crippen LogP contribution in [-0.4, -0.2) is 24.5 Å². The molecule has 4 aromatic rings. The number of fused-ring (bicyclic) bond motifs is 3. The topological polar surface area (TPSA) is 52.0 Å². The lowest BCUT2D eigenvalue weighted by Crippen LogP contribution is -2.07. The van der Waals surface area contributed by atoms with Crippen LogP contribution in [0.4, 0.5) is 22.0 Å². The Kier molecular flexibility index (Phi) is 4.16. The van der Waals surface area contributed by atoms with E-state index in [0.29, 0.717) is 0 Å². The minimum Gasteiger partial charge on any atom is -0.232 e. The van der Waals surface area contributed by atoms with Crippen molar-refractivity contribution < 1.29 is 30.4 Å². The molecule has 0 fully saturated rings. The van der Waals surface area contributed by atoms with Crippen molar-refractivity contribution >= 4 is 31.5 Å². The van der Waals surface area contributed by atoms with Crippen molar-refractivity contribution in [3.63, 3.8) is 0 Å². The van der Waals surface area contributed by atoms with Gasteiger partial charge >= 0.3 is 6.18 Å². The second kappa shape index (κ2) is 6.24. The third-order valence-electron chi connectivity index (χ3n) is 4.50. The average molecular weight is 426 g/mol. The second-order valence-corrected chi connectivity index (χ2v) is 8.46. The van der Waals surface area contributed by atoms with E-state index >= 15 is 0 Å². The normalized spacial score (nSPS) is 12.8. The van der Waals surface area contributed by atoms with Gasteiger partial charge < -0.3 is 0 Å². The zero-order valence-corrected chi connectivity index (χ0v) is 15.4. The van der Waals surface area contributed by atoms with E-state index in [1.165, 1.54) is 30.3 Å². The molecule has 0 amide bonds. The molecule has 0 aliphatic heterocycles. The highest BCUT2D eigenvalue weighted by Gasteiger charge is 2.37. The number of nitrogens with zero attached hydrogens (tertiary/aromatic N) is 2. The van der Waals surface area contributed by atoms with Gasteiger partial charge in [0.2, 0.25) is 0 Å². The molecule has 1 aromatic heterocycles. The molecule has 4 rings (SSSR count). The zero-order valence-electron chi connectivity index (χ0n) is 14.6. The maximum atomic E-state index is 14.2. The van der Waals surface area contributed by atoms with Crippen molar-refractivity contribution in [2.24, 2.45) is 0 Å². The monoisotopic (exact) mass is 426 g/mol. The van der Waals surface area contributed by atoms with E-state index in [2.05, 4.69) is 5.10 Å². The second-order valence-electron chi connectivity index (χ2n) is 6.44. The van der Waals surface area contributed by atoms with Crippen molar-refractivity contribution in [1.29, 1.82) is 0 Å². The quantitative estimate of drug-likeness (QED) is 0.430. The van der Waals surface area contributed by atoms with Crippen LogP contribution in [0, 0.1) is 11.6 Å². The smallest absolute Gasteiger partial charge is 0.232 e.